The number of carbonyl (C=O) groups excluding carboxylic acids is 1. The van der Waals surface area contributed by atoms with Gasteiger partial charge < -0.3 is 5.32 Å². The van der Waals surface area contributed by atoms with Crippen molar-refractivity contribution in [1.82, 2.24) is 10.2 Å². The smallest absolute Gasteiger partial charge is 0.254 e. The third kappa shape index (κ3) is 4.29. The van der Waals surface area contributed by atoms with Crippen molar-refractivity contribution in [2.45, 2.75) is 19.0 Å². The Morgan fingerprint density at radius 2 is 1.68 bits per heavy atom. The first-order valence-electron chi connectivity index (χ1n) is 9.61. The molecule has 0 aromatic heterocycles. The standard InChI is InChI=1S/C24H23FN2O/c25-23-15-20(19-9-5-2-6-10-19)11-12-22(23)24(28)26-21-13-14-27(17-21)16-18-7-3-1-4-8-18/h1-12,15,21H,13-14,16-17H2,(H,26,28)/t21-/m0/s1. The molecule has 0 unspecified atom stereocenters. The summed E-state index contributed by atoms with van der Waals surface area (Å²) in [4.78, 5) is 14.9. The van der Waals surface area contributed by atoms with Gasteiger partial charge in [0, 0.05) is 25.7 Å². The van der Waals surface area contributed by atoms with Crippen LogP contribution in [-0.4, -0.2) is 29.9 Å². The maximum atomic E-state index is 14.6. The molecule has 142 valence electrons. The van der Waals surface area contributed by atoms with Crippen molar-refractivity contribution in [3.8, 4) is 11.1 Å². The average molecular weight is 374 g/mol. The summed E-state index contributed by atoms with van der Waals surface area (Å²) in [6, 6.07) is 24.7. The number of hydrogen-bond donors (Lipinski definition) is 1. The number of halogens is 1. The zero-order valence-corrected chi connectivity index (χ0v) is 15.6. The predicted molar refractivity (Wildman–Crippen MR) is 109 cm³/mol. The Bertz CT molecular complexity index is 943. The van der Waals surface area contributed by atoms with Crippen molar-refractivity contribution >= 4 is 5.91 Å². The lowest BCUT2D eigenvalue weighted by atomic mass is 10.0. The maximum Gasteiger partial charge on any atom is 0.254 e. The van der Waals surface area contributed by atoms with Crippen LogP contribution >= 0.6 is 0 Å². The van der Waals surface area contributed by atoms with Crippen molar-refractivity contribution in [2.75, 3.05) is 13.1 Å². The van der Waals surface area contributed by atoms with Crippen LogP contribution in [0.2, 0.25) is 0 Å². The molecular formula is C24H23FN2O. The zero-order chi connectivity index (χ0) is 19.3. The van der Waals surface area contributed by atoms with E-state index in [1.807, 2.05) is 48.5 Å². The molecule has 1 aliphatic rings. The third-order valence-corrected chi connectivity index (χ3v) is 5.18. The van der Waals surface area contributed by atoms with Crippen molar-refractivity contribution in [1.29, 1.82) is 0 Å². The quantitative estimate of drug-likeness (QED) is 0.713. The van der Waals surface area contributed by atoms with E-state index in [1.54, 1.807) is 12.1 Å². The molecule has 0 radical (unpaired) electrons. The summed E-state index contributed by atoms with van der Waals surface area (Å²) in [6.45, 7) is 2.58. The molecule has 4 heteroatoms. The van der Waals surface area contributed by atoms with Gasteiger partial charge in [-0.2, -0.15) is 0 Å². The van der Waals surface area contributed by atoms with Gasteiger partial charge in [-0.05, 0) is 35.2 Å². The molecule has 4 rings (SSSR count). The zero-order valence-electron chi connectivity index (χ0n) is 15.6. The minimum Gasteiger partial charge on any atom is -0.348 e. The Morgan fingerprint density at radius 1 is 0.964 bits per heavy atom. The maximum absolute atomic E-state index is 14.6. The van der Waals surface area contributed by atoms with Gasteiger partial charge in [0.05, 0.1) is 5.56 Å². The van der Waals surface area contributed by atoms with Crippen LogP contribution in [0, 0.1) is 5.82 Å². The molecular weight excluding hydrogens is 351 g/mol. The van der Waals surface area contributed by atoms with Crippen LogP contribution in [0.1, 0.15) is 22.3 Å². The molecule has 1 N–H and O–H groups in total. The van der Waals surface area contributed by atoms with E-state index in [4.69, 9.17) is 0 Å². The molecule has 0 aliphatic carbocycles. The lowest BCUT2D eigenvalue weighted by molar-refractivity contribution is 0.0933. The fraction of sp³-hybridized carbons (Fsp3) is 0.208. The van der Waals surface area contributed by atoms with Gasteiger partial charge in [-0.3, -0.25) is 9.69 Å². The minimum atomic E-state index is -0.488. The Morgan fingerprint density at radius 3 is 2.39 bits per heavy atom. The molecule has 1 aliphatic heterocycles. The first kappa shape index (κ1) is 18.4. The van der Waals surface area contributed by atoms with E-state index in [0.29, 0.717) is 0 Å². The van der Waals surface area contributed by atoms with Gasteiger partial charge in [0.1, 0.15) is 5.82 Å². The van der Waals surface area contributed by atoms with Crippen molar-refractivity contribution in [3.63, 3.8) is 0 Å². The van der Waals surface area contributed by atoms with Crippen LogP contribution in [-0.2, 0) is 6.54 Å². The molecule has 0 bridgehead atoms. The van der Waals surface area contributed by atoms with Crippen LogP contribution in [0.3, 0.4) is 0 Å². The molecule has 1 heterocycles. The largest absolute Gasteiger partial charge is 0.348 e. The van der Waals surface area contributed by atoms with Crippen molar-refractivity contribution < 1.29 is 9.18 Å². The van der Waals surface area contributed by atoms with Gasteiger partial charge in [-0.15, -0.1) is 0 Å². The van der Waals surface area contributed by atoms with Gasteiger partial charge in [0.15, 0.2) is 0 Å². The second-order valence-corrected chi connectivity index (χ2v) is 7.24. The van der Waals surface area contributed by atoms with E-state index in [0.717, 1.165) is 37.2 Å². The highest BCUT2D eigenvalue weighted by Gasteiger charge is 2.25. The summed E-state index contributed by atoms with van der Waals surface area (Å²) < 4.78 is 14.6. The summed E-state index contributed by atoms with van der Waals surface area (Å²) in [7, 11) is 0. The second kappa shape index (κ2) is 8.36. The summed E-state index contributed by atoms with van der Waals surface area (Å²) in [6.07, 6.45) is 0.877. The van der Waals surface area contributed by atoms with Crippen LogP contribution in [0.25, 0.3) is 11.1 Å². The number of likely N-dealkylation sites (tertiary alicyclic amines) is 1. The van der Waals surface area contributed by atoms with Crippen LogP contribution in [0.4, 0.5) is 4.39 Å². The van der Waals surface area contributed by atoms with E-state index in [1.165, 1.54) is 11.6 Å². The Kier molecular flexibility index (Phi) is 5.49. The van der Waals surface area contributed by atoms with Gasteiger partial charge >= 0.3 is 0 Å². The molecule has 3 aromatic carbocycles. The number of nitrogens with one attached hydrogen (secondary N) is 1. The molecule has 3 aromatic rings. The lowest BCUT2D eigenvalue weighted by Crippen LogP contribution is -2.37. The molecule has 1 fully saturated rings. The fourth-order valence-corrected chi connectivity index (χ4v) is 3.71. The normalized spacial score (nSPS) is 16.8. The first-order valence-corrected chi connectivity index (χ1v) is 9.61. The highest BCUT2D eigenvalue weighted by molar-refractivity contribution is 5.95. The number of rotatable bonds is 5. The van der Waals surface area contributed by atoms with Crippen LogP contribution in [0.5, 0.6) is 0 Å². The highest BCUT2D eigenvalue weighted by atomic mass is 19.1. The average Bonchev–Trinajstić information content (AvgIpc) is 3.16. The van der Waals surface area contributed by atoms with Crippen molar-refractivity contribution in [3.05, 3.63) is 95.8 Å². The van der Waals surface area contributed by atoms with Crippen molar-refractivity contribution in [2.24, 2.45) is 0 Å². The molecule has 3 nitrogen and oxygen atoms in total. The summed E-state index contributed by atoms with van der Waals surface area (Å²) in [5, 5.41) is 2.99. The monoisotopic (exact) mass is 374 g/mol. The number of amides is 1. The van der Waals surface area contributed by atoms with E-state index in [9.17, 15) is 9.18 Å². The molecule has 1 amide bonds. The third-order valence-electron chi connectivity index (χ3n) is 5.18. The molecule has 0 saturated carbocycles. The fourth-order valence-electron chi connectivity index (χ4n) is 3.71. The van der Waals surface area contributed by atoms with Gasteiger partial charge in [-0.25, -0.2) is 4.39 Å². The summed E-state index contributed by atoms with van der Waals surface area (Å²) in [5.41, 5.74) is 3.06. The number of carbonyl (C=O) groups is 1. The van der Waals surface area contributed by atoms with E-state index in [-0.39, 0.29) is 17.5 Å². The summed E-state index contributed by atoms with van der Waals surface area (Å²) >= 11 is 0. The number of benzene rings is 3. The molecule has 0 spiro atoms. The SMILES string of the molecule is O=C(N[C@H]1CCN(Cc2ccccc2)C1)c1ccc(-c2ccccc2)cc1F. The minimum absolute atomic E-state index is 0.0458. The Balaban J connectivity index is 1.37. The Labute approximate surface area is 164 Å². The number of hydrogen-bond acceptors (Lipinski definition) is 2. The number of nitrogens with zero attached hydrogens (tertiary/aromatic N) is 1. The van der Waals surface area contributed by atoms with Gasteiger partial charge in [0.25, 0.3) is 5.91 Å². The van der Waals surface area contributed by atoms with Crippen LogP contribution in [0.15, 0.2) is 78.9 Å². The first-order chi connectivity index (χ1) is 13.7. The van der Waals surface area contributed by atoms with E-state index >= 15 is 0 Å². The van der Waals surface area contributed by atoms with Crippen LogP contribution < -0.4 is 5.32 Å². The lowest BCUT2D eigenvalue weighted by Gasteiger charge is -2.17. The summed E-state index contributed by atoms with van der Waals surface area (Å²) in [5.74, 6) is -0.832. The predicted octanol–water partition coefficient (Wildman–Crippen LogP) is 4.50. The topological polar surface area (TPSA) is 32.3 Å². The second-order valence-electron chi connectivity index (χ2n) is 7.24. The van der Waals surface area contributed by atoms with Gasteiger partial charge in [-0.1, -0.05) is 66.7 Å². The molecule has 1 saturated heterocycles. The van der Waals surface area contributed by atoms with E-state index < -0.39 is 5.82 Å². The molecule has 1 atom stereocenters. The Hall–Kier alpha value is -2.98. The molecule has 28 heavy (non-hydrogen) atoms. The highest BCUT2D eigenvalue weighted by Crippen LogP contribution is 2.22. The van der Waals surface area contributed by atoms with Gasteiger partial charge in [0.2, 0.25) is 0 Å². The van der Waals surface area contributed by atoms with E-state index in [2.05, 4.69) is 22.3 Å².